The molecule has 8 heteroatoms. The van der Waals surface area contributed by atoms with Gasteiger partial charge in [0.1, 0.15) is 12.7 Å². The number of carbonyl (C=O) groups is 3. The van der Waals surface area contributed by atoms with Crippen molar-refractivity contribution in [3.63, 3.8) is 0 Å². The Morgan fingerprint density at radius 1 is 1.10 bits per heavy atom. The van der Waals surface area contributed by atoms with Crippen molar-refractivity contribution in [2.24, 2.45) is 0 Å². The highest BCUT2D eigenvalue weighted by Crippen LogP contribution is 2.28. The van der Waals surface area contributed by atoms with Crippen LogP contribution in [0.25, 0.3) is 6.08 Å². The Balaban J connectivity index is 1.53. The fraction of sp³-hybridized carbons (Fsp3) is 0.182. The first kappa shape index (κ1) is 20.6. The first-order chi connectivity index (χ1) is 14.5. The number of rotatable bonds is 8. The maximum atomic E-state index is 12.3. The lowest BCUT2D eigenvalue weighted by atomic mass is 10.1. The number of imide groups is 1. The monoisotopic (exact) mass is 406 g/mol. The summed E-state index contributed by atoms with van der Waals surface area (Å²) < 4.78 is 15.5. The molecule has 1 aliphatic heterocycles. The van der Waals surface area contributed by atoms with Crippen LogP contribution in [-0.4, -0.2) is 49.6 Å². The minimum Gasteiger partial charge on any atom is -0.493 e. The highest BCUT2D eigenvalue weighted by Gasteiger charge is 2.34. The van der Waals surface area contributed by atoms with E-state index < -0.39 is 17.8 Å². The molecule has 0 N–H and O–H groups in total. The van der Waals surface area contributed by atoms with E-state index >= 15 is 0 Å². The van der Waals surface area contributed by atoms with Crippen molar-refractivity contribution in [3.05, 3.63) is 65.2 Å². The predicted octanol–water partition coefficient (Wildman–Crippen LogP) is 2.45. The summed E-state index contributed by atoms with van der Waals surface area (Å²) in [7, 11) is 1.47. The van der Waals surface area contributed by atoms with E-state index in [0.29, 0.717) is 28.2 Å². The molecule has 0 spiro atoms. The molecule has 8 nitrogen and oxygen atoms in total. The molecule has 0 aromatic heterocycles. The molecule has 2 aromatic rings. The van der Waals surface area contributed by atoms with Crippen molar-refractivity contribution < 1.29 is 28.6 Å². The van der Waals surface area contributed by atoms with Crippen molar-refractivity contribution in [1.82, 2.24) is 4.90 Å². The summed E-state index contributed by atoms with van der Waals surface area (Å²) in [4.78, 5) is 37.5. The Bertz CT molecular complexity index is 1020. The second-order valence-electron chi connectivity index (χ2n) is 6.17. The van der Waals surface area contributed by atoms with E-state index in [4.69, 9.17) is 19.5 Å². The summed E-state index contributed by atoms with van der Waals surface area (Å²) in [5.41, 5.74) is 1.36. The molecule has 0 atom stereocenters. The molecular weight excluding hydrogens is 388 g/mol. The Morgan fingerprint density at radius 2 is 1.80 bits per heavy atom. The number of hydrogen-bond acceptors (Lipinski definition) is 7. The van der Waals surface area contributed by atoms with Crippen LogP contribution < -0.4 is 9.47 Å². The van der Waals surface area contributed by atoms with Crippen LogP contribution in [0.5, 0.6) is 11.5 Å². The van der Waals surface area contributed by atoms with E-state index in [0.717, 1.165) is 4.90 Å². The van der Waals surface area contributed by atoms with Crippen LogP contribution in [0.2, 0.25) is 0 Å². The topological polar surface area (TPSA) is 106 Å². The predicted molar refractivity (Wildman–Crippen MR) is 106 cm³/mol. The van der Waals surface area contributed by atoms with Crippen molar-refractivity contribution in [2.45, 2.75) is 0 Å². The number of hydrogen-bond donors (Lipinski definition) is 0. The average molecular weight is 406 g/mol. The van der Waals surface area contributed by atoms with E-state index in [1.54, 1.807) is 42.5 Å². The average Bonchev–Trinajstić information content (AvgIpc) is 3.01. The first-order valence-electron chi connectivity index (χ1n) is 9.03. The van der Waals surface area contributed by atoms with Crippen molar-refractivity contribution in [3.8, 4) is 17.6 Å². The molecule has 3 rings (SSSR count). The lowest BCUT2D eigenvalue weighted by Crippen LogP contribution is -2.33. The third kappa shape index (κ3) is 4.47. The van der Waals surface area contributed by atoms with Gasteiger partial charge in [-0.1, -0.05) is 18.2 Å². The Hall–Kier alpha value is -4.12. The normalized spacial score (nSPS) is 12.6. The van der Waals surface area contributed by atoms with Crippen molar-refractivity contribution in [2.75, 3.05) is 26.9 Å². The number of benzene rings is 2. The lowest BCUT2D eigenvalue weighted by Gasteiger charge is -2.13. The van der Waals surface area contributed by atoms with Crippen LogP contribution in [-0.2, 0) is 9.53 Å². The SMILES string of the molecule is COc1cc(/C=C/C(=O)OCCN2C(=O)c3ccccc3C2=O)ccc1OCC#N. The third-order valence-corrected chi connectivity index (χ3v) is 4.33. The molecule has 0 radical (unpaired) electrons. The highest BCUT2D eigenvalue weighted by molar-refractivity contribution is 6.21. The Labute approximate surface area is 172 Å². The van der Waals surface area contributed by atoms with Crippen LogP contribution in [0.1, 0.15) is 26.3 Å². The van der Waals surface area contributed by atoms with E-state index in [-0.39, 0.29) is 19.8 Å². The van der Waals surface area contributed by atoms with Gasteiger partial charge in [0, 0.05) is 6.08 Å². The van der Waals surface area contributed by atoms with Crippen molar-refractivity contribution in [1.29, 1.82) is 5.26 Å². The van der Waals surface area contributed by atoms with Gasteiger partial charge in [-0.25, -0.2) is 4.79 Å². The highest BCUT2D eigenvalue weighted by atomic mass is 16.5. The molecule has 0 fully saturated rings. The first-order valence-corrected chi connectivity index (χ1v) is 9.03. The Kier molecular flexibility index (Phi) is 6.45. The number of esters is 1. The van der Waals surface area contributed by atoms with Gasteiger partial charge in [0.2, 0.25) is 0 Å². The van der Waals surface area contributed by atoms with Crippen LogP contribution in [0.3, 0.4) is 0 Å². The molecule has 0 unspecified atom stereocenters. The molecule has 1 heterocycles. The van der Waals surface area contributed by atoms with E-state index in [2.05, 4.69) is 0 Å². The molecule has 0 aliphatic carbocycles. The van der Waals surface area contributed by atoms with Gasteiger partial charge in [-0.05, 0) is 35.9 Å². The maximum absolute atomic E-state index is 12.3. The molecule has 152 valence electrons. The second kappa shape index (κ2) is 9.39. The number of methoxy groups -OCH3 is 1. The molecular formula is C22H18N2O6. The fourth-order valence-electron chi connectivity index (χ4n) is 2.91. The van der Waals surface area contributed by atoms with Crippen LogP contribution in [0, 0.1) is 11.3 Å². The van der Waals surface area contributed by atoms with Gasteiger partial charge in [-0.3, -0.25) is 14.5 Å². The number of carbonyl (C=O) groups excluding carboxylic acids is 3. The summed E-state index contributed by atoms with van der Waals surface area (Å²) in [6, 6.07) is 13.4. The summed E-state index contributed by atoms with van der Waals surface area (Å²) in [6.45, 7) is -0.242. The van der Waals surface area contributed by atoms with E-state index in [1.807, 2.05) is 6.07 Å². The standard InChI is InChI=1S/C22H18N2O6/c1-28-19-14-15(6-8-18(19)29-12-10-23)7-9-20(25)30-13-11-24-21(26)16-4-2-3-5-17(16)22(24)27/h2-9,14H,11-13H2,1H3/b9-7+. The quantitative estimate of drug-likeness (QED) is 0.377. The fourth-order valence-corrected chi connectivity index (χ4v) is 2.91. The maximum Gasteiger partial charge on any atom is 0.330 e. The summed E-state index contributed by atoms with van der Waals surface area (Å²) in [5.74, 6) is -0.567. The molecule has 2 aromatic carbocycles. The van der Waals surface area contributed by atoms with E-state index in [1.165, 1.54) is 19.3 Å². The largest absolute Gasteiger partial charge is 0.493 e. The molecule has 0 saturated carbocycles. The third-order valence-electron chi connectivity index (χ3n) is 4.33. The molecule has 30 heavy (non-hydrogen) atoms. The number of nitrogens with zero attached hydrogens (tertiary/aromatic N) is 2. The van der Waals surface area contributed by atoms with Crippen LogP contribution >= 0.6 is 0 Å². The van der Waals surface area contributed by atoms with Gasteiger partial charge in [0.15, 0.2) is 18.1 Å². The van der Waals surface area contributed by atoms with E-state index in [9.17, 15) is 14.4 Å². The van der Waals surface area contributed by atoms with Gasteiger partial charge in [-0.2, -0.15) is 5.26 Å². The minimum atomic E-state index is -0.615. The Morgan fingerprint density at radius 3 is 2.43 bits per heavy atom. The van der Waals surface area contributed by atoms with Gasteiger partial charge < -0.3 is 14.2 Å². The van der Waals surface area contributed by atoms with Crippen LogP contribution in [0.4, 0.5) is 0 Å². The zero-order chi connectivity index (χ0) is 21.5. The number of ether oxygens (including phenoxy) is 3. The van der Waals surface area contributed by atoms with Crippen LogP contribution in [0.15, 0.2) is 48.5 Å². The zero-order valence-corrected chi connectivity index (χ0v) is 16.2. The second-order valence-corrected chi connectivity index (χ2v) is 6.17. The smallest absolute Gasteiger partial charge is 0.330 e. The molecule has 1 aliphatic rings. The zero-order valence-electron chi connectivity index (χ0n) is 16.2. The summed E-state index contributed by atoms with van der Waals surface area (Å²) in [5, 5.41) is 8.59. The molecule has 0 bridgehead atoms. The summed E-state index contributed by atoms with van der Waals surface area (Å²) >= 11 is 0. The lowest BCUT2D eigenvalue weighted by molar-refractivity contribution is -0.137. The van der Waals surface area contributed by atoms with Gasteiger partial charge in [0.05, 0.1) is 24.8 Å². The number of nitriles is 1. The summed E-state index contributed by atoms with van der Waals surface area (Å²) in [6.07, 6.45) is 2.76. The van der Waals surface area contributed by atoms with Gasteiger partial charge >= 0.3 is 5.97 Å². The number of fused-ring (bicyclic) bond motifs is 1. The van der Waals surface area contributed by atoms with Gasteiger partial charge in [0.25, 0.3) is 11.8 Å². The molecule has 0 saturated heterocycles. The van der Waals surface area contributed by atoms with Crippen molar-refractivity contribution >= 4 is 23.9 Å². The minimum absolute atomic E-state index is 0.0231. The number of amides is 2. The van der Waals surface area contributed by atoms with Gasteiger partial charge in [-0.15, -0.1) is 0 Å². The molecule has 2 amide bonds.